The standard InChI is InChI=1S/C22H20F2N6O2/c1-11-16(23)4-5-18(26-11)13-8-14(13)22(31)27-20-7-12-6-15(17(24)10-30(12)28-20)21-19(32-3)9-25-29(21)2/h4-7,9-10,13-14H,8H2,1-3H3,(H,27,28,31). The van der Waals surface area contributed by atoms with E-state index in [0.29, 0.717) is 46.2 Å². The van der Waals surface area contributed by atoms with Crippen LogP contribution in [-0.2, 0) is 11.8 Å². The van der Waals surface area contributed by atoms with Crippen molar-refractivity contribution in [1.29, 1.82) is 0 Å². The molecule has 1 aliphatic carbocycles. The fourth-order valence-corrected chi connectivity index (χ4v) is 3.93. The lowest BCUT2D eigenvalue weighted by Gasteiger charge is -2.07. The number of halogens is 2. The molecule has 2 unspecified atom stereocenters. The molecule has 5 rings (SSSR count). The maximum Gasteiger partial charge on any atom is 0.229 e. The normalized spacial score (nSPS) is 17.5. The Balaban J connectivity index is 1.37. The van der Waals surface area contributed by atoms with Gasteiger partial charge in [-0.1, -0.05) is 0 Å². The van der Waals surface area contributed by atoms with Gasteiger partial charge in [0.2, 0.25) is 5.91 Å². The van der Waals surface area contributed by atoms with E-state index in [2.05, 4.69) is 20.5 Å². The third kappa shape index (κ3) is 3.37. The van der Waals surface area contributed by atoms with E-state index in [1.165, 1.54) is 34.8 Å². The second kappa shape index (κ2) is 7.40. The molecule has 4 aromatic rings. The van der Waals surface area contributed by atoms with Crippen molar-refractivity contribution in [2.24, 2.45) is 13.0 Å². The largest absolute Gasteiger partial charge is 0.493 e. The van der Waals surface area contributed by atoms with Gasteiger partial charge in [0.1, 0.15) is 11.5 Å². The van der Waals surface area contributed by atoms with Crippen molar-refractivity contribution in [1.82, 2.24) is 24.4 Å². The molecule has 1 amide bonds. The van der Waals surface area contributed by atoms with E-state index in [1.807, 2.05) is 0 Å². The number of ether oxygens (including phenoxy) is 1. The predicted octanol–water partition coefficient (Wildman–Crippen LogP) is 3.47. The molecule has 1 N–H and O–H groups in total. The highest BCUT2D eigenvalue weighted by molar-refractivity contribution is 5.95. The summed E-state index contributed by atoms with van der Waals surface area (Å²) in [4.78, 5) is 16.9. The summed E-state index contributed by atoms with van der Waals surface area (Å²) in [6.45, 7) is 1.60. The summed E-state index contributed by atoms with van der Waals surface area (Å²) in [5, 5.41) is 11.2. The van der Waals surface area contributed by atoms with Crippen LogP contribution in [0.2, 0.25) is 0 Å². The first kappa shape index (κ1) is 20.1. The number of hydrogen-bond donors (Lipinski definition) is 1. The van der Waals surface area contributed by atoms with Gasteiger partial charge in [0.15, 0.2) is 17.4 Å². The van der Waals surface area contributed by atoms with Crippen molar-refractivity contribution in [2.75, 3.05) is 12.4 Å². The summed E-state index contributed by atoms with van der Waals surface area (Å²) in [5.41, 5.74) is 2.44. The average molecular weight is 438 g/mol. The molecule has 8 nitrogen and oxygen atoms in total. The first-order valence-electron chi connectivity index (χ1n) is 10.0. The number of nitrogens with zero attached hydrogens (tertiary/aromatic N) is 5. The summed E-state index contributed by atoms with van der Waals surface area (Å²) >= 11 is 0. The van der Waals surface area contributed by atoms with Crippen LogP contribution in [0.25, 0.3) is 16.8 Å². The molecule has 32 heavy (non-hydrogen) atoms. The van der Waals surface area contributed by atoms with Crippen molar-refractivity contribution < 1.29 is 18.3 Å². The Bertz CT molecular complexity index is 1360. The molecule has 4 heterocycles. The number of carbonyl (C=O) groups is 1. The fraction of sp³-hybridized carbons (Fsp3) is 0.273. The molecule has 2 atom stereocenters. The van der Waals surface area contributed by atoms with Gasteiger partial charge in [0, 0.05) is 36.2 Å². The molecule has 0 aromatic carbocycles. The van der Waals surface area contributed by atoms with E-state index in [0.717, 1.165) is 0 Å². The lowest BCUT2D eigenvalue weighted by Crippen LogP contribution is -2.15. The number of pyridine rings is 2. The number of nitrogens with one attached hydrogen (secondary N) is 1. The third-order valence-electron chi connectivity index (χ3n) is 5.73. The van der Waals surface area contributed by atoms with Gasteiger partial charge in [-0.2, -0.15) is 5.10 Å². The highest BCUT2D eigenvalue weighted by Crippen LogP contribution is 2.47. The molecule has 4 aromatic heterocycles. The molecule has 0 saturated heterocycles. The van der Waals surface area contributed by atoms with E-state index < -0.39 is 5.82 Å². The van der Waals surface area contributed by atoms with Gasteiger partial charge in [-0.3, -0.25) is 14.5 Å². The quantitative estimate of drug-likeness (QED) is 0.516. The summed E-state index contributed by atoms with van der Waals surface area (Å²) in [6.07, 6.45) is 3.40. The number of hydrogen-bond acceptors (Lipinski definition) is 5. The van der Waals surface area contributed by atoms with Gasteiger partial charge in [-0.05, 0) is 31.5 Å². The highest BCUT2D eigenvalue weighted by atomic mass is 19.1. The van der Waals surface area contributed by atoms with Crippen LogP contribution >= 0.6 is 0 Å². The highest BCUT2D eigenvalue weighted by Gasteiger charge is 2.45. The molecule has 1 saturated carbocycles. The maximum absolute atomic E-state index is 14.8. The van der Waals surface area contributed by atoms with Crippen molar-refractivity contribution in [2.45, 2.75) is 19.3 Å². The maximum atomic E-state index is 14.8. The van der Waals surface area contributed by atoms with E-state index >= 15 is 0 Å². The number of anilines is 1. The second-order valence-electron chi connectivity index (χ2n) is 7.86. The number of rotatable bonds is 5. The molecule has 0 bridgehead atoms. The number of aromatic nitrogens is 5. The average Bonchev–Trinajstić information content (AvgIpc) is 3.35. The first-order chi connectivity index (χ1) is 15.4. The summed E-state index contributed by atoms with van der Waals surface area (Å²) in [6, 6.07) is 6.28. The van der Waals surface area contributed by atoms with E-state index in [4.69, 9.17) is 4.74 Å². The van der Waals surface area contributed by atoms with E-state index in [-0.39, 0.29) is 23.6 Å². The predicted molar refractivity (Wildman–Crippen MR) is 112 cm³/mol. The minimum Gasteiger partial charge on any atom is -0.493 e. The van der Waals surface area contributed by atoms with Gasteiger partial charge in [0.05, 0.1) is 30.7 Å². The Morgan fingerprint density at radius 1 is 1.25 bits per heavy atom. The van der Waals surface area contributed by atoms with Crippen LogP contribution in [0.4, 0.5) is 14.6 Å². The van der Waals surface area contributed by atoms with Crippen LogP contribution < -0.4 is 10.1 Å². The Morgan fingerprint density at radius 2 is 2.06 bits per heavy atom. The molecule has 1 aliphatic rings. The number of fused-ring (bicyclic) bond motifs is 1. The minimum absolute atomic E-state index is 0.0484. The van der Waals surface area contributed by atoms with Crippen molar-refractivity contribution in [3.63, 3.8) is 0 Å². The fourth-order valence-electron chi connectivity index (χ4n) is 3.93. The zero-order chi connectivity index (χ0) is 22.6. The number of aryl methyl sites for hydroxylation is 2. The lowest BCUT2D eigenvalue weighted by atomic mass is 10.1. The molecule has 164 valence electrons. The SMILES string of the molecule is COc1cnn(C)c1-c1cc2cc(NC(=O)C3CC3c3ccc(F)c(C)n3)nn2cc1F. The minimum atomic E-state index is -0.500. The number of carbonyl (C=O) groups excluding carboxylic acids is 1. The Hall–Kier alpha value is -3.82. The topological polar surface area (TPSA) is 86.3 Å². The molecule has 0 spiro atoms. The van der Waals surface area contributed by atoms with Crippen LogP contribution in [-0.4, -0.2) is 37.4 Å². The van der Waals surface area contributed by atoms with Crippen molar-refractivity contribution in [3.05, 3.63) is 59.7 Å². The lowest BCUT2D eigenvalue weighted by molar-refractivity contribution is -0.117. The zero-order valence-corrected chi connectivity index (χ0v) is 17.6. The van der Waals surface area contributed by atoms with E-state index in [9.17, 15) is 13.6 Å². The summed E-state index contributed by atoms with van der Waals surface area (Å²) in [5.74, 6) is -0.603. The number of methoxy groups -OCH3 is 1. The monoisotopic (exact) mass is 438 g/mol. The Morgan fingerprint density at radius 3 is 2.81 bits per heavy atom. The summed E-state index contributed by atoms with van der Waals surface area (Å²) < 4.78 is 36.4. The van der Waals surface area contributed by atoms with Crippen molar-refractivity contribution in [3.8, 4) is 17.0 Å². The third-order valence-corrected chi connectivity index (χ3v) is 5.73. The van der Waals surface area contributed by atoms with Gasteiger partial charge in [-0.25, -0.2) is 13.3 Å². The van der Waals surface area contributed by atoms with Crippen LogP contribution in [0.1, 0.15) is 23.7 Å². The molecular formula is C22H20F2N6O2. The number of amides is 1. The van der Waals surface area contributed by atoms with Gasteiger partial charge >= 0.3 is 0 Å². The van der Waals surface area contributed by atoms with Crippen LogP contribution in [0.5, 0.6) is 5.75 Å². The Kier molecular flexibility index (Phi) is 4.65. The van der Waals surface area contributed by atoms with Crippen LogP contribution in [0.15, 0.2) is 36.7 Å². The smallest absolute Gasteiger partial charge is 0.229 e. The zero-order valence-electron chi connectivity index (χ0n) is 17.6. The van der Waals surface area contributed by atoms with Crippen LogP contribution in [0.3, 0.4) is 0 Å². The van der Waals surface area contributed by atoms with Gasteiger partial charge < -0.3 is 10.1 Å². The Labute approximate surface area is 181 Å². The van der Waals surface area contributed by atoms with Crippen molar-refractivity contribution >= 4 is 17.2 Å². The van der Waals surface area contributed by atoms with Gasteiger partial charge in [-0.15, -0.1) is 5.10 Å². The van der Waals surface area contributed by atoms with Gasteiger partial charge in [0.25, 0.3) is 0 Å². The molecule has 0 aliphatic heterocycles. The summed E-state index contributed by atoms with van der Waals surface area (Å²) in [7, 11) is 3.20. The second-order valence-corrected chi connectivity index (χ2v) is 7.86. The molecule has 0 radical (unpaired) electrons. The first-order valence-corrected chi connectivity index (χ1v) is 10.0. The molecular weight excluding hydrogens is 418 g/mol. The van der Waals surface area contributed by atoms with Crippen LogP contribution in [0, 0.1) is 24.5 Å². The molecule has 1 fully saturated rings. The molecule has 10 heteroatoms. The van der Waals surface area contributed by atoms with E-state index in [1.54, 1.807) is 32.2 Å².